The second-order valence-electron chi connectivity index (χ2n) is 4.70. The van der Waals surface area contributed by atoms with Crippen molar-refractivity contribution >= 4 is 17.5 Å². The molecule has 1 saturated heterocycles. The van der Waals surface area contributed by atoms with E-state index in [9.17, 15) is 22.4 Å². The van der Waals surface area contributed by atoms with Crippen molar-refractivity contribution in [1.82, 2.24) is 0 Å². The minimum absolute atomic E-state index is 0.0781. The molecule has 1 fully saturated rings. The van der Waals surface area contributed by atoms with E-state index in [2.05, 4.69) is 0 Å². The lowest BCUT2D eigenvalue weighted by molar-refractivity contribution is -0.140. The summed E-state index contributed by atoms with van der Waals surface area (Å²) in [6.45, 7) is 1.73. The number of alkyl halides is 3. The largest absolute Gasteiger partial charge is 0.419 e. The van der Waals surface area contributed by atoms with Gasteiger partial charge in [-0.25, -0.2) is 4.39 Å². The van der Waals surface area contributed by atoms with E-state index in [4.69, 9.17) is 0 Å². The summed E-state index contributed by atoms with van der Waals surface area (Å²) in [4.78, 5) is 12.2. The van der Waals surface area contributed by atoms with Crippen LogP contribution >= 0.6 is 11.8 Å². The van der Waals surface area contributed by atoms with Gasteiger partial charge in [0.25, 0.3) is 0 Å². The monoisotopic (exact) mass is 292 g/mol. The van der Waals surface area contributed by atoms with E-state index < -0.39 is 22.3 Å². The summed E-state index contributed by atoms with van der Waals surface area (Å²) in [6.07, 6.45) is -3.29. The van der Waals surface area contributed by atoms with Crippen LogP contribution in [0, 0.1) is 5.82 Å². The van der Waals surface area contributed by atoms with Crippen LogP contribution in [0.1, 0.15) is 35.7 Å². The maximum absolute atomic E-state index is 13.2. The zero-order valence-corrected chi connectivity index (χ0v) is 11.0. The zero-order chi connectivity index (χ0) is 14.3. The van der Waals surface area contributed by atoms with Crippen LogP contribution in [0.3, 0.4) is 0 Å². The molecule has 1 aliphatic rings. The third-order valence-corrected chi connectivity index (χ3v) is 4.75. The molecule has 1 aromatic carbocycles. The number of carbonyl (C=O) groups is 1. The minimum atomic E-state index is -4.79. The molecule has 6 heteroatoms. The van der Waals surface area contributed by atoms with E-state index in [1.165, 1.54) is 11.8 Å². The van der Waals surface area contributed by atoms with Gasteiger partial charge in [0.05, 0.1) is 10.3 Å². The Morgan fingerprint density at radius 2 is 2.05 bits per heavy atom. The lowest BCUT2D eigenvalue weighted by Crippen LogP contribution is -2.29. The van der Waals surface area contributed by atoms with Crippen LogP contribution in [0.2, 0.25) is 0 Å². The first kappa shape index (κ1) is 14.4. The molecule has 1 aliphatic heterocycles. The van der Waals surface area contributed by atoms with Gasteiger partial charge in [-0.15, -0.1) is 11.8 Å². The fourth-order valence-corrected chi connectivity index (χ4v) is 3.42. The lowest BCUT2D eigenvalue weighted by atomic mass is 9.93. The Labute approximate surface area is 112 Å². The zero-order valence-electron chi connectivity index (χ0n) is 10.2. The number of Topliss-reactive ketones (excluding diaryl/α,β-unsaturated/α-hetero) is 1. The van der Waals surface area contributed by atoms with Crippen molar-refractivity contribution in [2.24, 2.45) is 0 Å². The number of carbonyl (C=O) groups excluding carboxylic acids is 1. The second-order valence-corrected chi connectivity index (χ2v) is 6.30. The van der Waals surface area contributed by atoms with E-state index in [-0.39, 0.29) is 11.3 Å². The molecule has 19 heavy (non-hydrogen) atoms. The van der Waals surface area contributed by atoms with Gasteiger partial charge in [-0.3, -0.25) is 4.79 Å². The molecule has 0 aliphatic carbocycles. The molecule has 0 radical (unpaired) electrons. The maximum atomic E-state index is 13.2. The summed E-state index contributed by atoms with van der Waals surface area (Å²) in [6, 6.07) is 2.44. The quantitative estimate of drug-likeness (QED) is 0.596. The Bertz CT molecular complexity index is 504. The number of rotatable bonds is 2. The van der Waals surface area contributed by atoms with Gasteiger partial charge >= 0.3 is 6.18 Å². The van der Waals surface area contributed by atoms with Gasteiger partial charge in [0.1, 0.15) is 5.82 Å². The van der Waals surface area contributed by atoms with E-state index in [1.54, 1.807) is 6.92 Å². The normalized spacial score (nSPS) is 23.6. The Morgan fingerprint density at radius 1 is 1.37 bits per heavy atom. The molecule has 1 atom stereocenters. The number of hydrogen-bond acceptors (Lipinski definition) is 2. The highest BCUT2D eigenvalue weighted by atomic mass is 32.2. The summed E-state index contributed by atoms with van der Waals surface area (Å²) in [7, 11) is 0. The number of halogens is 4. The fourth-order valence-electron chi connectivity index (χ4n) is 2.15. The molecule has 0 saturated carbocycles. The molecular weight excluding hydrogens is 280 g/mol. The standard InChI is InChI=1S/C13H12F4OS/c1-12(5-2-6-19-12)11(18)8-3-4-10(14)9(7-8)13(15,16)17/h3-4,7H,2,5-6H2,1H3. The number of thioether (sulfide) groups is 1. The van der Waals surface area contributed by atoms with Crippen LogP contribution in [0.5, 0.6) is 0 Å². The Kier molecular flexibility index (Phi) is 3.64. The number of hydrogen-bond donors (Lipinski definition) is 0. The smallest absolute Gasteiger partial charge is 0.293 e. The molecule has 1 unspecified atom stereocenters. The van der Waals surface area contributed by atoms with Crippen molar-refractivity contribution in [3.63, 3.8) is 0 Å². The van der Waals surface area contributed by atoms with Crippen LogP contribution in [0.15, 0.2) is 18.2 Å². The SMILES string of the molecule is CC1(C(=O)c2ccc(F)c(C(F)(F)F)c2)CCCS1. The summed E-state index contributed by atoms with van der Waals surface area (Å²) in [5.41, 5.74) is -1.46. The highest BCUT2D eigenvalue weighted by Gasteiger charge is 2.40. The van der Waals surface area contributed by atoms with E-state index in [1.807, 2.05) is 0 Å². The lowest BCUT2D eigenvalue weighted by Gasteiger charge is -2.21. The third kappa shape index (κ3) is 2.78. The van der Waals surface area contributed by atoms with Crippen molar-refractivity contribution in [1.29, 1.82) is 0 Å². The van der Waals surface area contributed by atoms with E-state index in [0.717, 1.165) is 18.2 Å². The highest BCUT2D eigenvalue weighted by Crippen LogP contribution is 2.41. The van der Waals surface area contributed by atoms with E-state index >= 15 is 0 Å². The van der Waals surface area contributed by atoms with Crippen LogP contribution in [-0.4, -0.2) is 16.3 Å². The minimum Gasteiger partial charge on any atom is -0.293 e. The maximum Gasteiger partial charge on any atom is 0.419 e. The Hall–Kier alpha value is -1.04. The first-order chi connectivity index (χ1) is 8.74. The molecule has 2 rings (SSSR count). The molecule has 0 spiro atoms. The topological polar surface area (TPSA) is 17.1 Å². The van der Waals surface area contributed by atoms with Crippen molar-refractivity contribution < 1.29 is 22.4 Å². The molecule has 0 aromatic heterocycles. The fraction of sp³-hybridized carbons (Fsp3) is 0.462. The van der Waals surface area contributed by atoms with Crippen molar-refractivity contribution in [2.75, 3.05) is 5.75 Å². The van der Waals surface area contributed by atoms with Crippen LogP contribution in [0.4, 0.5) is 17.6 Å². The third-order valence-electron chi connectivity index (χ3n) is 3.23. The molecule has 1 nitrogen and oxygen atoms in total. The van der Waals surface area contributed by atoms with Crippen LogP contribution in [-0.2, 0) is 6.18 Å². The summed E-state index contributed by atoms with van der Waals surface area (Å²) < 4.78 is 50.3. The molecule has 1 heterocycles. The molecule has 0 amide bonds. The summed E-state index contributed by atoms with van der Waals surface area (Å²) >= 11 is 1.44. The van der Waals surface area contributed by atoms with Gasteiger partial charge in [0, 0.05) is 5.56 Å². The van der Waals surface area contributed by atoms with Gasteiger partial charge in [-0.2, -0.15) is 13.2 Å². The second kappa shape index (κ2) is 4.81. The molecular formula is C13H12F4OS. The Balaban J connectivity index is 2.39. The van der Waals surface area contributed by atoms with Gasteiger partial charge in [-0.1, -0.05) is 0 Å². The average molecular weight is 292 g/mol. The summed E-state index contributed by atoms with van der Waals surface area (Å²) in [5.74, 6) is -0.899. The summed E-state index contributed by atoms with van der Waals surface area (Å²) in [5, 5.41) is 0. The molecule has 1 aromatic rings. The predicted molar refractivity (Wildman–Crippen MR) is 65.8 cm³/mol. The van der Waals surface area contributed by atoms with E-state index in [0.29, 0.717) is 18.6 Å². The number of ketones is 1. The number of benzene rings is 1. The molecule has 0 N–H and O–H groups in total. The Morgan fingerprint density at radius 3 is 2.58 bits per heavy atom. The first-order valence-electron chi connectivity index (χ1n) is 5.79. The van der Waals surface area contributed by atoms with Crippen LogP contribution in [0.25, 0.3) is 0 Å². The van der Waals surface area contributed by atoms with Gasteiger partial charge in [0.2, 0.25) is 0 Å². The average Bonchev–Trinajstić information content (AvgIpc) is 2.76. The molecule has 0 bridgehead atoms. The van der Waals surface area contributed by atoms with Crippen molar-refractivity contribution in [3.8, 4) is 0 Å². The first-order valence-corrected chi connectivity index (χ1v) is 6.78. The van der Waals surface area contributed by atoms with Crippen molar-refractivity contribution in [3.05, 3.63) is 35.1 Å². The predicted octanol–water partition coefficient (Wildman–Crippen LogP) is 4.31. The van der Waals surface area contributed by atoms with Crippen LogP contribution < -0.4 is 0 Å². The van der Waals surface area contributed by atoms with Gasteiger partial charge in [0.15, 0.2) is 5.78 Å². The highest BCUT2D eigenvalue weighted by molar-refractivity contribution is 8.01. The van der Waals surface area contributed by atoms with Crippen molar-refractivity contribution in [2.45, 2.75) is 30.7 Å². The van der Waals surface area contributed by atoms with Gasteiger partial charge < -0.3 is 0 Å². The van der Waals surface area contributed by atoms with Gasteiger partial charge in [-0.05, 0) is 43.7 Å². The molecule has 104 valence electrons.